The van der Waals surface area contributed by atoms with E-state index in [0.717, 1.165) is 26.2 Å². The molecule has 0 aliphatic heterocycles. The Morgan fingerprint density at radius 3 is 2.43 bits per heavy atom. The lowest BCUT2D eigenvalue weighted by Gasteiger charge is -2.21. The predicted octanol–water partition coefficient (Wildman–Crippen LogP) is 4.57. The first-order valence-electron chi connectivity index (χ1n) is 8.32. The molecule has 0 aliphatic rings. The molecule has 120 valence electrons. The molecule has 1 rings (SSSR count). The largest absolute Gasteiger partial charge is 0.376 e. The molecule has 0 heterocycles. The Morgan fingerprint density at radius 2 is 1.81 bits per heavy atom. The summed E-state index contributed by atoms with van der Waals surface area (Å²) in [6.45, 7) is 13.7. The van der Waals surface area contributed by atoms with Gasteiger partial charge in [-0.15, -0.1) is 0 Å². The van der Waals surface area contributed by atoms with Gasteiger partial charge in [-0.3, -0.25) is 0 Å². The van der Waals surface area contributed by atoms with E-state index in [1.807, 2.05) is 0 Å². The maximum Gasteiger partial charge on any atom is 0.0719 e. The number of benzene rings is 1. The minimum Gasteiger partial charge on any atom is -0.376 e. The molecule has 0 radical (unpaired) electrons. The van der Waals surface area contributed by atoms with E-state index in [1.54, 1.807) is 0 Å². The summed E-state index contributed by atoms with van der Waals surface area (Å²) < 4.78 is 5.90. The average molecular weight is 291 g/mol. The number of rotatable bonds is 9. The molecular formula is C19H33NO. The van der Waals surface area contributed by atoms with Gasteiger partial charge in [0.25, 0.3) is 0 Å². The Balaban J connectivity index is 2.43. The van der Waals surface area contributed by atoms with Gasteiger partial charge in [0.2, 0.25) is 0 Å². The van der Waals surface area contributed by atoms with Gasteiger partial charge in [0.05, 0.1) is 6.61 Å². The van der Waals surface area contributed by atoms with Gasteiger partial charge in [-0.2, -0.15) is 0 Å². The molecule has 0 aliphatic carbocycles. The fraction of sp³-hybridized carbons (Fsp3) is 0.684. The molecule has 0 saturated carbocycles. The Labute approximate surface area is 131 Å². The molecule has 1 atom stereocenters. The van der Waals surface area contributed by atoms with Crippen LogP contribution in [0, 0.1) is 5.92 Å². The fourth-order valence-electron chi connectivity index (χ4n) is 2.46. The van der Waals surface area contributed by atoms with Crippen LogP contribution in [0.4, 0.5) is 0 Å². The number of hydrogen-bond donors (Lipinski definition) is 1. The zero-order valence-corrected chi connectivity index (χ0v) is 14.5. The van der Waals surface area contributed by atoms with Gasteiger partial charge in [-0.05, 0) is 57.2 Å². The number of hydrogen-bond acceptors (Lipinski definition) is 2. The van der Waals surface area contributed by atoms with Crippen molar-refractivity contribution in [1.29, 1.82) is 0 Å². The highest BCUT2D eigenvalue weighted by molar-refractivity contribution is 5.26. The van der Waals surface area contributed by atoms with Crippen LogP contribution in [0.25, 0.3) is 0 Å². The quantitative estimate of drug-likeness (QED) is 0.719. The van der Waals surface area contributed by atoms with Crippen molar-refractivity contribution >= 4 is 0 Å². The highest BCUT2D eigenvalue weighted by Gasteiger charge is 2.09. The first kappa shape index (κ1) is 18.2. The topological polar surface area (TPSA) is 21.3 Å². The molecule has 0 amide bonds. The van der Waals surface area contributed by atoms with Gasteiger partial charge in [-0.25, -0.2) is 0 Å². The lowest BCUT2D eigenvalue weighted by molar-refractivity contribution is 0.0889. The summed E-state index contributed by atoms with van der Waals surface area (Å²) in [7, 11) is 0. The fourth-order valence-corrected chi connectivity index (χ4v) is 2.46. The molecule has 1 aromatic carbocycles. The van der Waals surface area contributed by atoms with Crippen LogP contribution in [0.15, 0.2) is 24.3 Å². The minimum atomic E-state index is 0.182. The van der Waals surface area contributed by atoms with Crippen LogP contribution in [0.2, 0.25) is 0 Å². The van der Waals surface area contributed by atoms with Gasteiger partial charge >= 0.3 is 0 Å². The standard InChI is InChI=1S/C19H33NO/c1-6-9-16(2)14-21-15-18-11-8-7-10-17(18)12-13-20-19(3,4)5/h7-8,10-11,16,20H,6,9,12-15H2,1-5H3. The average Bonchev–Trinajstić information content (AvgIpc) is 2.39. The van der Waals surface area contributed by atoms with Crippen molar-refractivity contribution in [2.24, 2.45) is 5.92 Å². The van der Waals surface area contributed by atoms with Gasteiger partial charge in [0.1, 0.15) is 0 Å². The van der Waals surface area contributed by atoms with Gasteiger partial charge in [0, 0.05) is 12.1 Å². The third kappa shape index (κ3) is 8.23. The van der Waals surface area contributed by atoms with Gasteiger partial charge in [-0.1, -0.05) is 44.5 Å². The Hall–Kier alpha value is -0.860. The van der Waals surface area contributed by atoms with Crippen LogP contribution < -0.4 is 5.32 Å². The summed E-state index contributed by atoms with van der Waals surface area (Å²) in [4.78, 5) is 0. The molecule has 1 aromatic rings. The van der Waals surface area contributed by atoms with E-state index in [2.05, 4.69) is 64.2 Å². The van der Waals surface area contributed by atoms with E-state index in [-0.39, 0.29) is 5.54 Å². The van der Waals surface area contributed by atoms with Gasteiger partial charge in [0.15, 0.2) is 0 Å². The van der Waals surface area contributed by atoms with Crippen molar-refractivity contribution in [2.75, 3.05) is 13.2 Å². The van der Waals surface area contributed by atoms with Crippen molar-refractivity contribution in [3.8, 4) is 0 Å². The maximum absolute atomic E-state index is 5.90. The second-order valence-electron chi connectivity index (χ2n) is 7.10. The lowest BCUT2D eigenvalue weighted by Crippen LogP contribution is -2.37. The second-order valence-corrected chi connectivity index (χ2v) is 7.10. The molecule has 0 aromatic heterocycles. The summed E-state index contributed by atoms with van der Waals surface area (Å²) in [5.41, 5.74) is 2.91. The van der Waals surface area contributed by atoms with E-state index < -0.39 is 0 Å². The van der Waals surface area contributed by atoms with Crippen molar-refractivity contribution in [3.05, 3.63) is 35.4 Å². The predicted molar refractivity (Wildman–Crippen MR) is 91.6 cm³/mol. The molecule has 0 saturated heterocycles. The van der Waals surface area contributed by atoms with Crippen LogP contribution >= 0.6 is 0 Å². The van der Waals surface area contributed by atoms with Crippen LogP contribution in [-0.2, 0) is 17.8 Å². The SMILES string of the molecule is CCCC(C)COCc1ccccc1CCNC(C)(C)C. The Kier molecular flexibility index (Phi) is 7.98. The third-order valence-electron chi connectivity index (χ3n) is 3.61. The third-order valence-corrected chi connectivity index (χ3v) is 3.61. The first-order chi connectivity index (χ1) is 9.92. The van der Waals surface area contributed by atoms with E-state index in [0.29, 0.717) is 5.92 Å². The summed E-state index contributed by atoms with van der Waals surface area (Å²) in [5, 5.41) is 3.55. The summed E-state index contributed by atoms with van der Waals surface area (Å²) >= 11 is 0. The van der Waals surface area contributed by atoms with Crippen molar-refractivity contribution < 1.29 is 4.74 Å². The molecular weight excluding hydrogens is 258 g/mol. The number of ether oxygens (including phenoxy) is 1. The van der Waals surface area contributed by atoms with Crippen molar-refractivity contribution in [2.45, 2.75) is 66.0 Å². The number of nitrogens with one attached hydrogen (secondary N) is 1. The van der Waals surface area contributed by atoms with Gasteiger partial charge < -0.3 is 10.1 Å². The molecule has 1 unspecified atom stereocenters. The highest BCUT2D eigenvalue weighted by Crippen LogP contribution is 2.13. The monoisotopic (exact) mass is 291 g/mol. The summed E-state index contributed by atoms with van der Waals surface area (Å²) in [5.74, 6) is 0.657. The molecule has 21 heavy (non-hydrogen) atoms. The van der Waals surface area contributed by atoms with Crippen LogP contribution in [-0.4, -0.2) is 18.7 Å². The summed E-state index contributed by atoms with van der Waals surface area (Å²) in [6, 6.07) is 8.64. The minimum absolute atomic E-state index is 0.182. The molecule has 0 bridgehead atoms. The maximum atomic E-state index is 5.90. The molecule has 2 heteroatoms. The summed E-state index contributed by atoms with van der Waals surface area (Å²) in [6.07, 6.45) is 3.54. The van der Waals surface area contributed by atoms with E-state index in [4.69, 9.17) is 4.74 Å². The molecule has 1 N–H and O–H groups in total. The zero-order valence-electron chi connectivity index (χ0n) is 14.5. The molecule has 0 fully saturated rings. The second kappa shape index (κ2) is 9.22. The van der Waals surface area contributed by atoms with Crippen LogP contribution in [0.5, 0.6) is 0 Å². The van der Waals surface area contributed by atoms with Crippen molar-refractivity contribution in [3.63, 3.8) is 0 Å². The van der Waals surface area contributed by atoms with E-state index in [1.165, 1.54) is 24.0 Å². The molecule has 2 nitrogen and oxygen atoms in total. The van der Waals surface area contributed by atoms with Crippen molar-refractivity contribution in [1.82, 2.24) is 5.32 Å². The van der Waals surface area contributed by atoms with Crippen LogP contribution in [0.1, 0.15) is 58.6 Å². The molecule has 0 spiro atoms. The lowest BCUT2D eigenvalue weighted by atomic mass is 10.0. The Bertz CT molecular complexity index is 395. The highest BCUT2D eigenvalue weighted by atomic mass is 16.5. The van der Waals surface area contributed by atoms with Crippen LogP contribution in [0.3, 0.4) is 0 Å². The smallest absolute Gasteiger partial charge is 0.0719 e. The van der Waals surface area contributed by atoms with E-state index in [9.17, 15) is 0 Å². The zero-order chi connectivity index (χ0) is 15.7. The Morgan fingerprint density at radius 1 is 1.14 bits per heavy atom. The van der Waals surface area contributed by atoms with E-state index >= 15 is 0 Å². The normalized spacial score (nSPS) is 13.4. The first-order valence-corrected chi connectivity index (χ1v) is 8.32.